The fourth-order valence-corrected chi connectivity index (χ4v) is 4.66. The lowest BCUT2D eigenvalue weighted by atomic mass is 9.82. The molecule has 152 valence electrons. The van der Waals surface area contributed by atoms with Crippen LogP contribution in [0.4, 0.5) is 0 Å². The molecule has 0 atom stereocenters. The fourth-order valence-electron chi connectivity index (χ4n) is 4.66. The van der Waals surface area contributed by atoms with Gasteiger partial charge in [0.25, 0.3) is 0 Å². The molecule has 0 unspecified atom stereocenters. The van der Waals surface area contributed by atoms with Crippen molar-refractivity contribution in [3.63, 3.8) is 0 Å². The third kappa shape index (κ3) is 4.99. The summed E-state index contributed by atoms with van der Waals surface area (Å²) >= 11 is 0. The monoisotopic (exact) mass is 384 g/mol. The molecule has 0 aliphatic rings. The van der Waals surface area contributed by atoms with Crippen molar-refractivity contribution in [1.29, 1.82) is 0 Å². The van der Waals surface area contributed by atoms with Gasteiger partial charge in [0.05, 0.1) is 0 Å². The minimum atomic E-state index is 0.280. The Labute approximate surface area is 178 Å². The highest BCUT2D eigenvalue weighted by atomic mass is 14.2. The topological polar surface area (TPSA) is 0 Å². The molecule has 0 aliphatic carbocycles. The molecule has 0 radical (unpaired) electrons. The first-order chi connectivity index (χ1) is 14.2. The Morgan fingerprint density at radius 1 is 0.414 bits per heavy atom. The summed E-state index contributed by atoms with van der Waals surface area (Å²) in [5.74, 6) is 1.61. The third-order valence-electron chi connectivity index (χ3n) is 6.59. The van der Waals surface area contributed by atoms with Crippen molar-refractivity contribution in [2.75, 3.05) is 0 Å². The molecule has 3 aromatic carbocycles. The van der Waals surface area contributed by atoms with E-state index in [0.29, 0.717) is 11.8 Å². The van der Waals surface area contributed by atoms with E-state index in [-0.39, 0.29) is 5.92 Å². The molecule has 29 heavy (non-hydrogen) atoms. The van der Waals surface area contributed by atoms with Crippen molar-refractivity contribution in [2.45, 2.75) is 71.1 Å². The summed E-state index contributed by atoms with van der Waals surface area (Å²) in [6, 6.07) is 29.7. The minimum Gasteiger partial charge on any atom is -0.0648 e. The summed E-state index contributed by atoms with van der Waals surface area (Å²) in [7, 11) is 0. The van der Waals surface area contributed by atoms with Crippen LogP contribution in [0.5, 0.6) is 0 Å². The van der Waals surface area contributed by atoms with Gasteiger partial charge in [0.2, 0.25) is 0 Å². The Bertz CT molecular complexity index is 779. The maximum Gasteiger partial charge on any atom is 0.0339 e. The molecule has 0 nitrogen and oxygen atoms in total. The average Bonchev–Trinajstić information content (AvgIpc) is 2.78. The Morgan fingerprint density at radius 3 is 1.07 bits per heavy atom. The first-order valence-electron chi connectivity index (χ1n) is 11.5. The van der Waals surface area contributed by atoms with Crippen LogP contribution in [0.15, 0.2) is 78.9 Å². The second-order valence-electron chi connectivity index (χ2n) is 8.20. The van der Waals surface area contributed by atoms with Gasteiger partial charge in [-0.3, -0.25) is 0 Å². The zero-order chi connectivity index (χ0) is 20.6. The van der Waals surface area contributed by atoms with Crippen molar-refractivity contribution in [2.24, 2.45) is 0 Å². The molecule has 0 saturated carbocycles. The van der Waals surface area contributed by atoms with Crippen LogP contribution in [-0.2, 0) is 0 Å². The summed E-state index contributed by atoms with van der Waals surface area (Å²) in [4.78, 5) is 0. The quantitative estimate of drug-likeness (QED) is 0.324. The van der Waals surface area contributed by atoms with E-state index >= 15 is 0 Å². The fraction of sp³-hybridized carbons (Fsp3) is 0.379. The van der Waals surface area contributed by atoms with Crippen molar-refractivity contribution in [1.82, 2.24) is 0 Å². The summed E-state index contributed by atoms with van der Waals surface area (Å²) in [6.07, 6.45) is 4.82. The Kier molecular flexibility index (Phi) is 7.69. The smallest absolute Gasteiger partial charge is 0.0339 e. The van der Waals surface area contributed by atoms with E-state index in [1.54, 1.807) is 0 Å². The molecule has 0 heteroatoms. The molecule has 0 N–H and O–H groups in total. The molecule has 0 aliphatic heterocycles. The van der Waals surface area contributed by atoms with Gasteiger partial charge in [-0.05, 0) is 65.3 Å². The van der Waals surface area contributed by atoms with E-state index in [0.717, 1.165) is 0 Å². The van der Waals surface area contributed by atoms with Gasteiger partial charge in [0.1, 0.15) is 0 Å². The van der Waals surface area contributed by atoms with Gasteiger partial charge in [-0.1, -0.05) is 107 Å². The molecular formula is C29H36. The van der Waals surface area contributed by atoms with Crippen LogP contribution in [0, 0.1) is 0 Å². The minimum absolute atomic E-state index is 0.280. The van der Waals surface area contributed by atoms with Crippen LogP contribution in [0.1, 0.15) is 98.9 Å². The van der Waals surface area contributed by atoms with Crippen molar-refractivity contribution >= 4 is 0 Å². The van der Waals surface area contributed by atoms with Crippen LogP contribution in [-0.4, -0.2) is 0 Å². The average molecular weight is 385 g/mol. The molecule has 0 bridgehead atoms. The predicted molar refractivity (Wildman–Crippen MR) is 127 cm³/mol. The maximum atomic E-state index is 2.35. The molecule has 0 aromatic heterocycles. The molecule has 3 rings (SSSR count). The van der Waals surface area contributed by atoms with Crippen LogP contribution in [0.25, 0.3) is 0 Å². The largest absolute Gasteiger partial charge is 0.0648 e. The first kappa shape index (κ1) is 21.4. The van der Waals surface area contributed by atoms with Crippen molar-refractivity contribution < 1.29 is 0 Å². The van der Waals surface area contributed by atoms with Gasteiger partial charge in [-0.25, -0.2) is 0 Å². The standard InChI is InChI=1S/C29H36/c1-5-22(6-2)24-14-18-27(19-15-24)29(26-12-10-9-11-13-26)28-20-16-25(17-21-28)23(7-3)8-4/h9-23,29H,5-8H2,1-4H3. The van der Waals surface area contributed by atoms with E-state index in [1.165, 1.54) is 53.5 Å². The predicted octanol–water partition coefficient (Wildman–Crippen LogP) is 8.67. The molecular weight excluding hydrogens is 348 g/mol. The van der Waals surface area contributed by atoms with Gasteiger partial charge in [-0.15, -0.1) is 0 Å². The maximum absolute atomic E-state index is 2.35. The van der Waals surface area contributed by atoms with Gasteiger partial charge in [0.15, 0.2) is 0 Å². The van der Waals surface area contributed by atoms with Crippen LogP contribution in [0.3, 0.4) is 0 Å². The number of benzene rings is 3. The zero-order valence-electron chi connectivity index (χ0n) is 18.6. The van der Waals surface area contributed by atoms with E-state index in [2.05, 4.69) is 107 Å². The molecule has 0 heterocycles. The highest BCUT2D eigenvalue weighted by Crippen LogP contribution is 2.34. The summed E-state index contributed by atoms with van der Waals surface area (Å²) in [5.41, 5.74) is 7.05. The molecule has 0 fully saturated rings. The lowest BCUT2D eigenvalue weighted by Crippen LogP contribution is -2.05. The summed E-state index contributed by atoms with van der Waals surface area (Å²) < 4.78 is 0. The second-order valence-corrected chi connectivity index (χ2v) is 8.20. The van der Waals surface area contributed by atoms with Crippen molar-refractivity contribution in [3.05, 3.63) is 107 Å². The van der Waals surface area contributed by atoms with Gasteiger partial charge < -0.3 is 0 Å². The highest BCUT2D eigenvalue weighted by Gasteiger charge is 2.18. The van der Waals surface area contributed by atoms with Crippen LogP contribution >= 0.6 is 0 Å². The van der Waals surface area contributed by atoms with Gasteiger partial charge in [0, 0.05) is 5.92 Å². The van der Waals surface area contributed by atoms with E-state index < -0.39 is 0 Å². The molecule has 0 spiro atoms. The van der Waals surface area contributed by atoms with Gasteiger partial charge >= 0.3 is 0 Å². The van der Waals surface area contributed by atoms with E-state index in [9.17, 15) is 0 Å². The van der Waals surface area contributed by atoms with Crippen molar-refractivity contribution in [3.8, 4) is 0 Å². The van der Waals surface area contributed by atoms with E-state index in [1.807, 2.05) is 0 Å². The van der Waals surface area contributed by atoms with Crippen LogP contribution in [0.2, 0.25) is 0 Å². The number of hydrogen-bond acceptors (Lipinski definition) is 0. The number of rotatable bonds is 9. The zero-order valence-corrected chi connectivity index (χ0v) is 18.6. The Hall–Kier alpha value is -2.34. The Morgan fingerprint density at radius 2 is 0.724 bits per heavy atom. The van der Waals surface area contributed by atoms with E-state index in [4.69, 9.17) is 0 Å². The number of hydrogen-bond donors (Lipinski definition) is 0. The highest BCUT2D eigenvalue weighted by molar-refractivity contribution is 5.44. The summed E-state index contributed by atoms with van der Waals surface area (Å²) in [6.45, 7) is 9.15. The lowest BCUT2D eigenvalue weighted by Gasteiger charge is -2.21. The summed E-state index contributed by atoms with van der Waals surface area (Å²) in [5, 5.41) is 0. The lowest BCUT2D eigenvalue weighted by molar-refractivity contribution is 0.641. The molecule has 0 amide bonds. The molecule has 3 aromatic rings. The molecule has 0 saturated heterocycles. The van der Waals surface area contributed by atoms with Gasteiger partial charge in [-0.2, -0.15) is 0 Å². The third-order valence-corrected chi connectivity index (χ3v) is 6.59. The Balaban J connectivity index is 1.98. The van der Waals surface area contributed by atoms with Crippen LogP contribution < -0.4 is 0 Å². The SMILES string of the molecule is CCC(CC)c1ccc(C(c2ccccc2)c2ccc(C(CC)CC)cc2)cc1. The second kappa shape index (κ2) is 10.4. The first-order valence-corrected chi connectivity index (χ1v) is 11.5. The normalized spacial score (nSPS) is 11.6.